The van der Waals surface area contributed by atoms with Gasteiger partial charge in [-0.1, -0.05) is 12.1 Å². The molecule has 1 saturated carbocycles. The van der Waals surface area contributed by atoms with Crippen LogP contribution >= 0.6 is 0 Å². The van der Waals surface area contributed by atoms with Crippen LogP contribution in [0, 0.1) is 11.3 Å². The molecule has 4 rings (SSSR count). The number of benzene rings is 2. The van der Waals surface area contributed by atoms with Crippen LogP contribution in [0.15, 0.2) is 59.9 Å². The summed E-state index contributed by atoms with van der Waals surface area (Å²) in [5, 5.41) is 9.88. The van der Waals surface area contributed by atoms with Gasteiger partial charge in [0.25, 0.3) is 0 Å². The SMILES string of the molecule is COc1ccc(C[NH+](CC(=O)C(C#N)=C2N(C)c3ccccc3N2C)C2CC2)cc1. The van der Waals surface area contributed by atoms with E-state index in [1.54, 1.807) is 7.11 Å². The molecule has 0 bridgehead atoms. The first kappa shape index (κ1) is 20.0. The maximum Gasteiger partial charge on any atom is 0.231 e. The van der Waals surface area contributed by atoms with Gasteiger partial charge < -0.3 is 19.4 Å². The van der Waals surface area contributed by atoms with Gasteiger partial charge in [-0.15, -0.1) is 0 Å². The summed E-state index contributed by atoms with van der Waals surface area (Å²) in [6, 6.07) is 18.6. The lowest BCUT2D eigenvalue weighted by Gasteiger charge is -2.22. The number of Topliss-reactive ketones (excluding diaryl/α,β-unsaturated/α-hetero) is 1. The second-order valence-electron chi connectivity index (χ2n) is 7.97. The maximum absolute atomic E-state index is 13.3. The van der Waals surface area contributed by atoms with Crippen LogP contribution in [0.3, 0.4) is 0 Å². The molecule has 6 nitrogen and oxygen atoms in total. The molecule has 2 aliphatic rings. The molecule has 0 radical (unpaired) electrons. The molecule has 1 unspecified atom stereocenters. The first-order valence-corrected chi connectivity index (χ1v) is 10.2. The van der Waals surface area contributed by atoms with Crippen molar-refractivity contribution in [1.82, 2.24) is 0 Å². The molecule has 0 spiro atoms. The Morgan fingerprint density at radius 1 is 1.10 bits per heavy atom. The Kier molecular flexibility index (Phi) is 5.47. The van der Waals surface area contributed by atoms with Crippen LogP contribution in [0.1, 0.15) is 18.4 Å². The van der Waals surface area contributed by atoms with Gasteiger partial charge in [-0.25, -0.2) is 0 Å². The Bertz CT molecular complexity index is 987. The van der Waals surface area contributed by atoms with E-state index in [4.69, 9.17) is 4.74 Å². The molecular weight excluding hydrogens is 376 g/mol. The minimum atomic E-state index is -0.102. The molecule has 1 atom stereocenters. The van der Waals surface area contributed by atoms with Gasteiger partial charge >= 0.3 is 0 Å². The fourth-order valence-electron chi connectivity index (χ4n) is 4.20. The lowest BCUT2D eigenvalue weighted by Crippen LogP contribution is -3.13. The van der Waals surface area contributed by atoms with E-state index in [2.05, 4.69) is 6.07 Å². The number of anilines is 2. The summed E-state index contributed by atoms with van der Waals surface area (Å²) in [7, 11) is 5.47. The number of nitriles is 1. The predicted molar refractivity (Wildman–Crippen MR) is 116 cm³/mol. The molecular formula is C24H27N4O2+. The molecule has 0 aromatic heterocycles. The third-order valence-corrected chi connectivity index (χ3v) is 5.99. The Labute approximate surface area is 177 Å². The van der Waals surface area contributed by atoms with Gasteiger partial charge in [0.15, 0.2) is 0 Å². The Hall–Kier alpha value is -3.30. The normalized spacial score (nSPS) is 16.1. The average molecular weight is 404 g/mol. The molecule has 154 valence electrons. The summed E-state index contributed by atoms with van der Waals surface area (Å²) in [6.45, 7) is 1.08. The minimum absolute atomic E-state index is 0.102. The number of carbonyl (C=O) groups excluding carboxylic acids is 1. The van der Waals surface area contributed by atoms with Gasteiger partial charge in [0, 0.05) is 32.5 Å². The fraction of sp³-hybridized carbons (Fsp3) is 0.333. The van der Waals surface area contributed by atoms with Crippen molar-refractivity contribution in [3.8, 4) is 11.8 Å². The van der Waals surface area contributed by atoms with Crippen molar-refractivity contribution in [2.75, 3.05) is 37.5 Å². The number of hydrogen-bond donors (Lipinski definition) is 1. The van der Waals surface area contributed by atoms with Crippen LogP contribution in [0.25, 0.3) is 0 Å². The molecule has 2 aromatic carbocycles. The van der Waals surface area contributed by atoms with Crippen molar-refractivity contribution in [1.29, 1.82) is 5.26 Å². The van der Waals surface area contributed by atoms with Crippen molar-refractivity contribution in [3.05, 3.63) is 65.5 Å². The van der Waals surface area contributed by atoms with Crippen molar-refractivity contribution >= 4 is 17.2 Å². The zero-order valence-corrected chi connectivity index (χ0v) is 17.7. The number of ketones is 1. The highest BCUT2D eigenvalue weighted by Crippen LogP contribution is 2.40. The summed E-state index contributed by atoms with van der Waals surface area (Å²) >= 11 is 0. The van der Waals surface area contributed by atoms with Crippen LogP contribution in [-0.4, -0.2) is 39.6 Å². The zero-order chi connectivity index (χ0) is 21.3. The molecule has 1 N–H and O–H groups in total. The summed E-state index contributed by atoms with van der Waals surface area (Å²) in [6.07, 6.45) is 2.25. The first-order chi connectivity index (χ1) is 14.5. The number of hydrogen-bond acceptors (Lipinski definition) is 5. The van der Waals surface area contributed by atoms with E-state index < -0.39 is 0 Å². The van der Waals surface area contributed by atoms with E-state index in [0.29, 0.717) is 18.4 Å². The van der Waals surface area contributed by atoms with Gasteiger partial charge in [0.05, 0.1) is 24.5 Å². The van der Waals surface area contributed by atoms with E-state index >= 15 is 0 Å². The smallest absolute Gasteiger partial charge is 0.231 e. The largest absolute Gasteiger partial charge is 0.497 e. The van der Waals surface area contributed by atoms with Crippen LogP contribution in [0.5, 0.6) is 5.75 Å². The van der Waals surface area contributed by atoms with Crippen molar-refractivity contribution < 1.29 is 14.4 Å². The Balaban J connectivity index is 1.56. The number of fused-ring (bicyclic) bond motifs is 1. The molecule has 6 heteroatoms. The number of nitrogens with zero attached hydrogens (tertiary/aromatic N) is 3. The summed E-state index contributed by atoms with van der Waals surface area (Å²) in [4.78, 5) is 18.4. The topological polar surface area (TPSA) is 61.0 Å². The molecule has 0 amide bonds. The lowest BCUT2D eigenvalue weighted by molar-refractivity contribution is -0.916. The average Bonchev–Trinajstić information content (AvgIpc) is 3.58. The number of para-hydroxylation sites is 2. The summed E-state index contributed by atoms with van der Waals surface area (Å²) in [5.74, 6) is 1.38. The van der Waals surface area contributed by atoms with E-state index in [9.17, 15) is 10.1 Å². The van der Waals surface area contributed by atoms with Crippen molar-refractivity contribution in [3.63, 3.8) is 0 Å². The quantitative estimate of drug-likeness (QED) is 0.567. The summed E-state index contributed by atoms with van der Waals surface area (Å²) < 4.78 is 5.24. The monoisotopic (exact) mass is 403 g/mol. The zero-order valence-electron chi connectivity index (χ0n) is 17.7. The van der Waals surface area contributed by atoms with Gasteiger partial charge in [-0.3, -0.25) is 4.79 Å². The number of ether oxygens (including phenoxy) is 1. The number of rotatable bonds is 7. The molecule has 2 aromatic rings. The third kappa shape index (κ3) is 3.77. The molecule has 0 saturated heterocycles. The highest BCUT2D eigenvalue weighted by Gasteiger charge is 2.37. The van der Waals surface area contributed by atoms with E-state index in [1.165, 1.54) is 10.5 Å². The van der Waals surface area contributed by atoms with E-state index in [1.807, 2.05) is 72.4 Å². The van der Waals surface area contributed by atoms with Gasteiger partial charge in [0.1, 0.15) is 36.3 Å². The Morgan fingerprint density at radius 3 is 2.20 bits per heavy atom. The fourth-order valence-corrected chi connectivity index (χ4v) is 4.20. The maximum atomic E-state index is 13.3. The van der Waals surface area contributed by atoms with Crippen molar-refractivity contribution in [2.24, 2.45) is 0 Å². The summed E-state index contributed by atoms with van der Waals surface area (Å²) in [5.41, 5.74) is 3.39. The number of nitrogens with one attached hydrogen (secondary N) is 1. The van der Waals surface area contributed by atoms with Gasteiger partial charge in [-0.2, -0.15) is 5.26 Å². The standard InChI is InChI=1S/C24H26N4O2/c1-26-21-6-4-5-7-22(21)27(2)24(26)20(14-25)23(29)16-28(18-10-11-18)15-17-8-12-19(30-3)13-9-17/h4-9,12-13,18H,10-11,15-16H2,1-3H3/p+1. The van der Waals surface area contributed by atoms with Gasteiger partial charge in [-0.05, 0) is 36.4 Å². The minimum Gasteiger partial charge on any atom is -0.497 e. The number of carbonyl (C=O) groups is 1. The molecule has 1 fully saturated rings. The van der Waals surface area contributed by atoms with Crippen LogP contribution in [0.4, 0.5) is 11.4 Å². The number of methoxy groups -OCH3 is 1. The second-order valence-corrected chi connectivity index (χ2v) is 7.97. The highest BCUT2D eigenvalue weighted by molar-refractivity contribution is 6.03. The third-order valence-electron chi connectivity index (χ3n) is 5.99. The van der Waals surface area contributed by atoms with Crippen molar-refractivity contribution in [2.45, 2.75) is 25.4 Å². The van der Waals surface area contributed by atoms with Crippen LogP contribution < -0.4 is 19.4 Å². The molecule has 1 aliphatic carbocycles. The molecule has 1 heterocycles. The first-order valence-electron chi connectivity index (χ1n) is 10.2. The lowest BCUT2D eigenvalue weighted by atomic mass is 10.1. The molecule has 1 aliphatic heterocycles. The predicted octanol–water partition coefficient (Wildman–Crippen LogP) is 2.13. The highest BCUT2D eigenvalue weighted by atomic mass is 16.5. The van der Waals surface area contributed by atoms with Crippen LogP contribution in [0.2, 0.25) is 0 Å². The van der Waals surface area contributed by atoms with Gasteiger partial charge in [0.2, 0.25) is 5.78 Å². The van der Waals surface area contributed by atoms with E-state index in [-0.39, 0.29) is 11.4 Å². The number of quaternary nitrogens is 1. The Morgan fingerprint density at radius 2 is 1.70 bits per heavy atom. The second kappa shape index (κ2) is 8.21. The van der Waals surface area contributed by atoms with Crippen LogP contribution in [-0.2, 0) is 11.3 Å². The van der Waals surface area contributed by atoms with E-state index in [0.717, 1.165) is 36.5 Å². The molecule has 30 heavy (non-hydrogen) atoms.